The van der Waals surface area contributed by atoms with E-state index in [4.69, 9.17) is 28.4 Å². The Morgan fingerprint density at radius 3 is 1.45 bits per heavy atom. The number of carbonyl (C=O) groups is 1. The molecular weight excluding hydrogens is 701 g/mol. The molecule has 1 aliphatic rings. The Labute approximate surface area is 329 Å². The highest BCUT2D eigenvalue weighted by molar-refractivity contribution is 5.89. The standard InChI is InChI=1S/C49H46O7/c1-2-33-51-48-46(53-35-38-23-11-4-12-24-38)45(52-34-37-21-9-3-10-22-37)44(56-47(50)39-25-13-5-14-26-39)43(55-48)36-54-49(40-27-15-6-16-28-40,41-29-17-7-18-30-41)42-31-19-8-20-32-42/h2-32,43-46,48H,1,33-36H2/t43-,44-,45+,46-,48+/m1/s1. The Hall–Kier alpha value is -5.67. The van der Waals surface area contributed by atoms with Gasteiger partial charge in [-0.2, -0.15) is 0 Å². The first-order valence-electron chi connectivity index (χ1n) is 18.9. The van der Waals surface area contributed by atoms with E-state index >= 15 is 0 Å². The largest absolute Gasteiger partial charge is 0.453 e. The van der Waals surface area contributed by atoms with Gasteiger partial charge in [0.05, 0.1) is 32.0 Å². The maximum Gasteiger partial charge on any atom is 0.338 e. The van der Waals surface area contributed by atoms with Gasteiger partial charge in [0.1, 0.15) is 23.9 Å². The van der Waals surface area contributed by atoms with Gasteiger partial charge in [0, 0.05) is 0 Å². The fourth-order valence-corrected chi connectivity index (χ4v) is 7.09. The molecule has 7 nitrogen and oxygen atoms in total. The summed E-state index contributed by atoms with van der Waals surface area (Å²) in [5.74, 6) is -0.523. The molecule has 56 heavy (non-hydrogen) atoms. The van der Waals surface area contributed by atoms with E-state index in [1.807, 2.05) is 121 Å². The molecule has 0 radical (unpaired) electrons. The van der Waals surface area contributed by atoms with E-state index in [0.717, 1.165) is 27.8 Å². The molecule has 0 unspecified atom stereocenters. The van der Waals surface area contributed by atoms with Crippen LogP contribution in [0.4, 0.5) is 0 Å². The van der Waals surface area contributed by atoms with E-state index in [-0.39, 0.29) is 26.4 Å². The smallest absolute Gasteiger partial charge is 0.338 e. The third kappa shape index (κ3) is 9.23. The van der Waals surface area contributed by atoms with Crippen LogP contribution in [0.25, 0.3) is 0 Å². The lowest BCUT2D eigenvalue weighted by atomic mass is 9.80. The maximum atomic E-state index is 14.0. The van der Waals surface area contributed by atoms with Crippen molar-refractivity contribution in [3.8, 4) is 0 Å². The normalized spacial score (nSPS) is 19.5. The second-order valence-electron chi connectivity index (χ2n) is 13.5. The van der Waals surface area contributed by atoms with Crippen LogP contribution in [0.5, 0.6) is 0 Å². The fourth-order valence-electron chi connectivity index (χ4n) is 7.09. The Balaban J connectivity index is 1.31. The number of hydrogen-bond acceptors (Lipinski definition) is 7. The molecule has 0 spiro atoms. The van der Waals surface area contributed by atoms with E-state index in [2.05, 4.69) is 43.0 Å². The summed E-state index contributed by atoms with van der Waals surface area (Å²) in [6.45, 7) is 4.52. The van der Waals surface area contributed by atoms with Gasteiger partial charge in [-0.1, -0.05) is 176 Å². The second kappa shape index (κ2) is 19.3. The third-order valence-corrected chi connectivity index (χ3v) is 9.80. The zero-order valence-corrected chi connectivity index (χ0v) is 31.2. The summed E-state index contributed by atoms with van der Waals surface area (Å²) in [6.07, 6.45) is -2.79. The summed E-state index contributed by atoms with van der Waals surface area (Å²) >= 11 is 0. The van der Waals surface area contributed by atoms with Crippen molar-refractivity contribution in [1.82, 2.24) is 0 Å². The molecule has 1 fully saturated rings. The van der Waals surface area contributed by atoms with Crippen molar-refractivity contribution in [3.63, 3.8) is 0 Å². The molecule has 284 valence electrons. The summed E-state index contributed by atoms with van der Waals surface area (Å²) in [7, 11) is 0. The van der Waals surface area contributed by atoms with E-state index in [1.54, 1.807) is 30.3 Å². The molecule has 5 atom stereocenters. The van der Waals surface area contributed by atoms with Gasteiger partial charge in [0.15, 0.2) is 12.4 Å². The van der Waals surface area contributed by atoms with Crippen LogP contribution < -0.4 is 0 Å². The molecule has 0 amide bonds. The molecule has 6 aromatic carbocycles. The highest BCUT2D eigenvalue weighted by Crippen LogP contribution is 2.42. The Morgan fingerprint density at radius 2 is 0.982 bits per heavy atom. The minimum atomic E-state index is -1.07. The summed E-state index contributed by atoms with van der Waals surface area (Å²) in [6, 6.07) is 58.9. The van der Waals surface area contributed by atoms with Crippen molar-refractivity contribution in [2.24, 2.45) is 0 Å². The average molecular weight is 747 g/mol. The predicted molar refractivity (Wildman–Crippen MR) is 216 cm³/mol. The van der Waals surface area contributed by atoms with Gasteiger partial charge in [0.25, 0.3) is 0 Å². The molecule has 7 rings (SSSR count). The number of rotatable bonds is 17. The first kappa shape index (κ1) is 38.6. The van der Waals surface area contributed by atoms with Gasteiger partial charge in [-0.25, -0.2) is 4.79 Å². The topological polar surface area (TPSA) is 72.5 Å². The van der Waals surface area contributed by atoms with Crippen LogP contribution in [-0.4, -0.2) is 49.9 Å². The average Bonchev–Trinajstić information content (AvgIpc) is 3.27. The summed E-state index contributed by atoms with van der Waals surface area (Å²) in [5, 5.41) is 0. The van der Waals surface area contributed by atoms with Crippen LogP contribution >= 0.6 is 0 Å². The number of esters is 1. The number of ether oxygens (including phenoxy) is 6. The van der Waals surface area contributed by atoms with E-state index < -0.39 is 42.3 Å². The molecule has 7 heteroatoms. The van der Waals surface area contributed by atoms with Crippen LogP contribution in [0, 0.1) is 0 Å². The minimum Gasteiger partial charge on any atom is -0.453 e. The van der Waals surface area contributed by atoms with Crippen LogP contribution in [0.2, 0.25) is 0 Å². The predicted octanol–water partition coefficient (Wildman–Crippen LogP) is 9.32. The molecule has 0 N–H and O–H groups in total. The Kier molecular flexibility index (Phi) is 13.3. The lowest BCUT2D eigenvalue weighted by Crippen LogP contribution is -2.62. The highest BCUT2D eigenvalue weighted by Gasteiger charge is 2.51. The third-order valence-electron chi connectivity index (χ3n) is 9.80. The lowest BCUT2D eigenvalue weighted by Gasteiger charge is -2.46. The van der Waals surface area contributed by atoms with Gasteiger partial charge in [0.2, 0.25) is 0 Å². The number of benzene rings is 6. The molecule has 1 aliphatic heterocycles. The van der Waals surface area contributed by atoms with E-state index in [0.29, 0.717) is 5.56 Å². The monoisotopic (exact) mass is 746 g/mol. The van der Waals surface area contributed by atoms with Gasteiger partial charge < -0.3 is 28.4 Å². The fraction of sp³-hybridized carbons (Fsp3) is 0.204. The minimum absolute atomic E-state index is 0.0179. The van der Waals surface area contributed by atoms with Gasteiger partial charge >= 0.3 is 5.97 Å². The number of carbonyl (C=O) groups excluding carboxylic acids is 1. The SMILES string of the molecule is C=CCO[C@H]1O[C@H](COC(c2ccccc2)(c2ccccc2)c2ccccc2)[C@@H](OC(=O)c2ccccc2)[C@H](OCc2ccccc2)[C@H]1OCc1ccccc1. The van der Waals surface area contributed by atoms with Crippen molar-refractivity contribution >= 4 is 5.97 Å². The maximum absolute atomic E-state index is 14.0. The molecule has 0 saturated carbocycles. The second-order valence-corrected chi connectivity index (χ2v) is 13.5. The van der Waals surface area contributed by atoms with Crippen LogP contribution in [0.15, 0.2) is 195 Å². The Bertz CT molecular complexity index is 1970. The first-order chi connectivity index (χ1) is 27.7. The van der Waals surface area contributed by atoms with Crippen molar-refractivity contribution in [2.75, 3.05) is 13.2 Å². The summed E-state index contributed by atoms with van der Waals surface area (Å²) in [4.78, 5) is 14.0. The molecule has 6 aromatic rings. The van der Waals surface area contributed by atoms with Crippen molar-refractivity contribution in [1.29, 1.82) is 0 Å². The molecule has 0 aliphatic carbocycles. The van der Waals surface area contributed by atoms with E-state index in [9.17, 15) is 4.79 Å². The van der Waals surface area contributed by atoms with E-state index in [1.165, 1.54) is 0 Å². The van der Waals surface area contributed by atoms with Crippen molar-refractivity contribution < 1.29 is 33.2 Å². The lowest BCUT2D eigenvalue weighted by molar-refractivity contribution is -0.320. The van der Waals surface area contributed by atoms with Gasteiger partial charge in [-0.3, -0.25) is 0 Å². The number of hydrogen-bond donors (Lipinski definition) is 0. The molecular formula is C49H46O7. The van der Waals surface area contributed by atoms with Crippen molar-refractivity contribution in [3.05, 3.63) is 228 Å². The highest BCUT2D eigenvalue weighted by atomic mass is 16.7. The van der Waals surface area contributed by atoms with Crippen LogP contribution in [0.3, 0.4) is 0 Å². The van der Waals surface area contributed by atoms with Crippen LogP contribution in [-0.2, 0) is 47.2 Å². The zero-order chi connectivity index (χ0) is 38.4. The quantitative estimate of drug-likeness (QED) is 0.0524. The summed E-state index contributed by atoms with van der Waals surface area (Å²) < 4.78 is 40.4. The molecule has 1 heterocycles. The molecule has 0 aromatic heterocycles. The van der Waals surface area contributed by atoms with Gasteiger partial charge in [-0.05, 0) is 39.9 Å². The first-order valence-corrected chi connectivity index (χ1v) is 18.9. The summed E-state index contributed by atoms with van der Waals surface area (Å²) in [5.41, 5.74) is 4.00. The molecule has 0 bridgehead atoms. The van der Waals surface area contributed by atoms with Gasteiger partial charge in [-0.15, -0.1) is 6.58 Å². The van der Waals surface area contributed by atoms with Crippen LogP contribution in [0.1, 0.15) is 38.2 Å². The zero-order valence-electron chi connectivity index (χ0n) is 31.2. The Morgan fingerprint density at radius 1 is 0.554 bits per heavy atom. The van der Waals surface area contributed by atoms with Crippen molar-refractivity contribution in [2.45, 2.75) is 49.5 Å². The molecule has 1 saturated heterocycles.